The van der Waals surface area contributed by atoms with E-state index in [-0.39, 0.29) is 11.8 Å². The fourth-order valence-electron chi connectivity index (χ4n) is 3.49. The van der Waals surface area contributed by atoms with Gasteiger partial charge in [0.1, 0.15) is 5.82 Å². The molecule has 0 unspecified atom stereocenters. The summed E-state index contributed by atoms with van der Waals surface area (Å²) in [5, 5.41) is 2.69. The number of hydrogen-bond donors (Lipinski definition) is 0. The zero-order valence-corrected chi connectivity index (χ0v) is 14.7. The predicted molar refractivity (Wildman–Crippen MR) is 102 cm³/mol. The molecule has 4 nitrogen and oxygen atoms in total. The maximum Gasteiger partial charge on any atom is 0.258 e. The molecule has 0 spiro atoms. The summed E-state index contributed by atoms with van der Waals surface area (Å²) in [6.07, 6.45) is 0. The summed E-state index contributed by atoms with van der Waals surface area (Å²) in [5.41, 5.74) is 2.78. The highest BCUT2D eigenvalue weighted by Gasteiger charge is 2.42. The molecule has 0 aliphatic carbocycles. The number of amides is 2. The van der Waals surface area contributed by atoms with E-state index in [1.54, 1.807) is 0 Å². The van der Waals surface area contributed by atoms with Crippen molar-refractivity contribution < 1.29 is 14.0 Å². The third-order valence-corrected chi connectivity index (χ3v) is 4.63. The molecular weight excluding hydrogens is 343 g/mol. The van der Waals surface area contributed by atoms with Gasteiger partial charge in [-0.15, -0.1) is 0 Å². The lowest BCUT2D eigenvalue weighted by atomic mass is 9.93. The topological polar surface area (TPSA) is 40.6 Å². The van der Waals surface area contributed by atoms with Crippen LogP contribution in [0.25, 0.3) is 0 Å². The van der Waals surface area contributed by atoms with Crippen LogP contribution < -0.4 is 10.0 Å². The number of anilines is 2. The van der Waals surface area contributed by atoms with Gasteiger partial charge in [0.15, 0.2) is 0 Å². The van der Waals surface area contributed by atoms with Gasteiger partial charge < -0.3 is 0 Å². The van der Waals surface area contributed by atoms with E-state index >= 15 is 0 Å². The number of carbonyl (C=O) groups is 2. The van der Waals surface area contributed by atoms with Gasteiger partial charge in [0.25, 0.3) is 5.91 Å². The average molecular weight is 360 g/mol. The van der Waals surface area contributed by atoms with Crippen molar-refractivity contribution >= 4 is 23.2 Å². The maximum absolute atomic E-state index is 13.4. The van der Waals surface area contributed by atoms with Gasteiger partial charge in [0.2, 0.25) is 5.91 Å². The summed E-state index contributed by atoms with van der Waals surface area (Å²) < 4.78 is 13.3. The summed E-state index contributed by atoms with van der Waals surface area (Å²) in [7, 11) is 0. The first-order valence-electron chi connectivity index (χ1n) is 8.62. The summed E-state index contributed by atoms with van der Waals surface area (Å²) in [6.45, 7) is 1.38. The van der Waals surface area contributed by atoms with Crippen LogP contribution in [0.5, 0.6) is 0 Å². The number of hydrogen-bond acceptors (Lipinski definition) is 2. The Morgan fingerprint density at radius 2 is 1.56 bits per heavy atom. The number of nitrogens with zero attached hydrogens (tertiary/aromatic N) is 2. The normalized spacial score (nSPS) is 15.6. The van der Waals surface area contributed by atoms with Crippen LogP contribution in [0.3, 0.4) is 0 Å². The van der Waals surface area contributed by atoms with Crippen LogP contribution in [-0.4, -0.2) is 11.8 Å². The maximum atomic E-state index is 13.4. The van der Waals surface area contributed by atoms with E-state index in [4.69, 9.17) is 0 Å². The molecule has 2 amide bonds. The lowest BCUT2D eigenvalue weighted by Crippen LogP contribution is -2.48. The molecule has 0 N–H and O–H groups in total. The fraction of sp³-hybridized carbons (Fsp3) is 0.0909. The highest BCUT2D eigenvalue weighted by molar-refractivity contribution is 6.13. The molecule has 1 aliphatic rings. The quantitative estimate of drug-likeness (QED) is 0.700. The van der Waals surface area contributed by atoms with Crippen molar-refractivity contribution in [3.63, 3.8) is 0 Å². The molecule has 0 aromatic heterocycles. The molecule has 0 saturated heterocycles. The Labute approximate surface area is 156 Å². The molecule has 134 valence electrons. The molecule has 27 heavy (non-hydrogen) atoms. The number of para-hydroxylation sites is 1. The van der Waals surface area contributed by atoms with Gasteiger partial charge in [-0.25, -0.2) is 14.4 Å². The van der Waals surface area contributed by atoms with Crippen LogP contribution >= 0.6 is 0 Å². The largest absolute Gasteiger partial charge is 0.273 e. The van der Waals surface area contributed by atoms with Gasteiger partial charge in [-0.3, -0.25) is 9.59 Å². The summed E-state index contributed by atoms with van der Waals surface area (Å²) in [5.74, 6) is -1.46. The third kappa shape index (κ3) is 2.87. The first-order valence-corrected chi connectivity index (χ1v) is 8.62. The van der Waals surface area contributed by atoms with Crippen LogP contribution in [0.2, 0.25) is 0 Å². The van der Waals surface area contributed by atoms with Gasteiger partial charge in [-0.2, -0.15) is 0 Å². The predicted octanol–water partition coefficient (Wildman–Crippen LogP) is 4.27. The molecule has 5 heteroatoms. The monoisotopic (exact) mass is 360 g/mol. The Hall–Kier alpha value is -3.47. The molecule has 3 aromatic rings. The minimum absolute atomic E-state index is 0.220. The van der Waals surface area contributed by atoms with Crippen LogP contribution in [-0.2, 0) is 9.59 Å². The van der Waals surface area contributed by atoms with Crippen molar-refractivity contribution in [1.82, 2.24) is 0 Å². The van der Waals surface area contributed by atoms with Crippen molar-refractivity contribution in [3.05, 3.63) is 95.8 Å². The van der Waals surface area contributed by atoms with Gasteiger partial charge >= 0.3 is 0 Å². The van der Waals surface area contributed by atoms with Crippen LogP contribution in [0.15, 0.2) is 78.9 Å². The number of halogens is 1. The lowest BCUT2D eigenvalue weighted by molar-refractivity contribution is -0.122. The van der Waals surface area contributed by atoms with E-state index in [0.29, 0.717) is 11.4 Å². The zero-order chi connectivity index (χ0) is 19.0. The number of benzene rings is 3. The third-order valence-electron chi connectivity index (χ3n) is 4.63. The smallest absolute Gasteiger partial charge is 0.258 e. The first kappa shape index (κ1) is 17.0. The Morgan fingerprint density at radius 1 is 0.926 bits per heavy atom. The minimum Gasteiger partial charge on any atom is -0.273 e. The second-order valence-electron chi connectivity index (χ2n) is 6.36. The molecule has 3 aromatic carbocycles. The Balaban J connectivity index is 1.86. The van der Waals surface area contributed by atoms with E-state index < -0.39 is 11.7 Å². The van der Waals surface area contributed by atoms with E-state index in [2.05, 4.69) is 0 Å². The zero-order valence-electron chi connectivity index (χ0n) is 14.7. The number of hydrazine groups is 1. The van der Waals surface area contributed by atoms with Gasteiger partial charge in [-0.05, 0) is 41.5 Å². The molecule has 0 radical (unpaired) electrons. The standard InChI is InChI=1S/C22H17FN2O2/c1-15(26)24(18-13-11-17(23)12-14-18)25-20-10-6-5-9-19(20)21(22(25)27)16-7-3-2-4-8-16/h2-14,21H,1H3/t21-/m0/s1. The second-order valence-corrected chi connectivity index (χ2v) is 6.36. The van der Waals surface area contributed by atoms with E-state index in [9.17, 15) is 14.0 Å². The molecular formula is C22H17FN2O2. The molecule has 1 heterocycles. The second kappa shape index (κ2) is 6.68. The van der Waals surface area contributed by atoms with Crippen molar-refractivity contribution in [3.8, 4) is 0 Å². The molecule has 4 rings (SSSR count). The molecule has 0 saturated carbocycles. The molecule has 1 atom stereocenters. The molecule has 0 bridgehead atoms. The Bertz CT molecular complexity index is 1000. The van der Waals surface area contributed by atoms with E-state index in [1.807, 2.05) is 54.6 Å². The lowest BCUT2D eigenvalue weighted by Gasteiger charge is -2.31. The summed E-state index contributed by atoms with van der Waals surface area (Å²) >= 11 is 0. The number of carbonyl (C=O) groups excluding carboxylic acids is 2. The van der Waals surface area contributed by atoms with Crippen molar-refractivity contribution in [1.29, 1.82) is 0 Å². The van der Waals surface area contributed by atoms with Crippen LogP contribution in [0.1, 0.15) is 24.0 Å². The van der Waals surface area contributed by atoms with Crippen molar-refractivity contribution in [2.75, 3.05) is 10.0 Å². The summed E-state index contributed by atoms with van der Waals surface area (Å²) in [4.78, 5) is 25.9. The van der Waals surface area contributed by atoms with Crippen molar-refractivity contribution in [2.24, 2.45) is 0 Å². The summed E-state index contributed by atoms with van der Waals surface area (Å²) in [6, 6.07) is 22.4. The van der Waals surface area contributed by atoms with Gasteiger partial charge in [0.05, 0.1) is 17.3 Å². The van der Waals surface area contributed by atoms with Crippen LogP contribution in [0, 0.1) is 5.82 Å². The van der Waals surface area contributed by atoms with Gasteiger partial charge in [-0.1, -0.05) is 48.5 Å². The number of rotatable bonds is 3. The highest BCUT2D eigenvalue weighted by Crippen LogP contribution is 2.42. The van der Waals surface area contributed by atoms with Crippen LogP contribution in [0.4, 0.5) is 15.8 Å². The van der Waals surface area contributed by atoms with Crippen molar-refractivity contribution in [2.45, 2.75) is 12.8 Å². The molecule has 0 fully saturated rings. The minimum atomic E-state index is -0.496. The number of fused-ring (bicyclic) bond motifs is 1. The van der Waals surface area contributed by atoms with E-state index in [0.717, 1.165) is 11.1 Å². The molecule has 1 aliphatic heterocycles. The fourth-order valence-corrected chi connectivity index (χ4v) is 3.49. The van der Waals surface area contributed by atoms with Gasteiger partial charge in [0, 0.05) is 6.92 Å². The van der Waals surface area contributed by atoms with E-state index in [1.165, 1.54) is 41.2 Å². The Kier molecular flexibility index (Phi) is 4.20. The highest BCUT2D eigenvalue weighted by atomic mass is 19.1. The SMILES string of the molecule is CC(=O)N(c1ccc(F)cc1)N1C(=O)[C@@H](c2ccccc2)c2ccccc21. The Morgan fingerprint density at radius 3 is 2.22 bits per heavy atom. The first-order chi connectivity index (χ1) is 13.1. The average Bonchev–Trinajstić information content (AvgIpc) is 2.96.